The Kier molecular flexibility index (Phi) is 6.85. The Labute approximate surface area is 223 Å². The summed E-state index contributed by atoms with van der Waals surface area (Å²) in [6.07, 6.45) is 3.27. The second kappa shape index (κ2) is 10.4. The molecule has 0 unspecified atom stereocenters. The molecule has 0 bridgehead atoms. The summed E-state index contributed by atoms with van der Waals surface area (Å²) in [5.74, 6) is -0.584. The van der Waals surface area contributed by atoms with Crippen LogP contribution in [-0.4, -0.2) is 27.8 Å². The van der Waals surface area contributed by atoms with Crippen molar-refractivity contribution in [2.24, 2.45) is 5.16 Å². The van der Waals surface area contributed by atoms with Crippen LogP contribution in [0.15, 0.2) is 95.5 Å². The van der Waals surface area contributed by atoms with Crippen LogP contribution >= 0.6 is 11.3 Å². The van der Waals surface area contributed by atoms with Crippen molar-refractivity contribution in [3.63, 3.8) is 0 Å². The maximum Gasteiger partial charge on any atom is 0.331 e. The van der Waals surface area contributed by atoms with Crippen molar-refractivity contribution in [1.82, 2.24) is 4.57 Å². The molecule has 0 spiro atoms. The molecular formula is C31H24N2O4S. The normalized spacial score (nSPS) is 11.9. The molecule has 7 heteroatoms. The van der Waals surface area contributed by atoms with Crippen molar-refractivity contribution in [3.8, 4) is 5.69 Å². The van der Waals surface area contributed by atoms with Gasteiger partial charge in [-0.25, -0.2) is 4.79 Å². The Morgan fingerprint density at radius 2 is 1.47 bits per heavy atom. The number of hydrogen-bond acceptors (Lipinski definition) is 6. The zero-order valence-corrected chi connectivity index (χ0v) is 21.9. The van der Waals surface area contributed by atoms with Crippen molar-refractivity contribution in [3.05, 3.63) is 112 Å². The smallest absolute Gasteiger partial charge is 0.318 e. The Bertz CT molecular complexity index is 1760. The van der Waals surface area contributed by atoms with Gasteiger partial charge >= 0.3 is 5.97 Å². The molecule has 3 aromatic carbocycles. The largest absolute Gasteiger partial charge is 0.331 e. The summed E-state index contributed by atoms with van der Waals surface area (Å²) < 4.78 is 2.11. The average Bonchev–Trinajstić information content (AvgIpc) is 3.57. The summed E-state index contributed by atoms with van der Waals surface area (Å²) in [6, 6.07) is 22.8. The standard InChI is InChI=1S/C31H24N2O4S/c1-4-6-29(35)22-10-14-27-25(17-22)26-18-23(31(36)30-7-5-16-38-30)11-15-28(26)33(27)24-12-8-21(9-13-24)19(2)32-37-20(3)34/h4-18H,1-3H3. The van der Waals surface area contributed by atoms with Gasteiger partial charge < -0.3 is 9.40 Å². The molecule has 0 amide bonds. The first kappa shape index (κ1) is 25.0. The molecule has 5 aromatic rings. The van der Waals surface area contributed by atoms with Crippen LogP contribution in [0.3, 0.4) is 0 Å². The van der Waals surface area contributed by atoms with E-state index in [1.54, 1.807) is 19.1 Å². The number of nitrogens with zero attached hydrogens (tertiary/aromatic N) is 2. The molecule has 0 fully saturated rings. The highest BCUT2D eigenvalue weighted by Crippen LogP contribution is 2.34. The van der Waals surface area contributed by atoms with Gasteiger partial charge in [0.25, 0.3) is 0 Å². The molecule has 0 aliphatic carbocycles. The van der Waals surface area contributed by atoms with E-state index >= 15 is 0 Å². The summed E-state index contributed by atoms with van der Waals surface area (Å²) in [4.78, 5) is 42.3. The highest BCUT2D eigenvalue weighted by molar-refractivity contribution is 7.12. The van der Waals surface area contributed by atoms with Crippen LogP contribution in [0.25, 0.3) is 27.5 Å². The number of thiophene rings is 1. The fourth-order valence-corrected chi connectivity index (χ4v) is 5.12. The van der Waals surface area contributed by atoms with E-state index in [0.717, 1.165) is 33.1 Å². The first-order valence-electron chi connectivity index (χ1n) is 12.0. The van der Waals surface area contributed by atoms with Crippen LogP contribution in [0, 0.1) is 0 Å². The van der Waals surface area contributed by atoms with Crippen LogP contribution in [0.2, 0.25) is 0 Å². The average molecular weight is 521 g/mol. The first-order chi connectivity index (χ1) is 18.4. The Morgan fingerprint density at radius 3 is 2.08 bits per heavy atom. The minimum atomic E-state index is -0.476. The van der Waals surface area contributed by atoms with E-state index in [9.17, 15) is 14.4 Å². The Balaban J connectivity index is 1.68. The monoisotopic (exact) mass is 520 g/mol. The minimum absolute atomic E-state index is 0.0316. The van der Waals surface area contributed by atoms with Gasteiger partial charge in [-0.05, 0) is 85.5 Å². The van der Waals surface area contributed by atoms with Gasteiger partial charge in [0.2, 0.25) is 5.78 Å². The molecular weight excluding hydrogens is 496 g/mol. The quantitative estimate of drug-likeness (QED) is 0.0752. The molecule has 0 N–H and O–H groups in total. The van der Waals surface area contributed by atoms with E-state index in [-0.39, 0.29) is 11.6 Å². The van der Waals surface area contributed by atoms with Crippen molar-refractivity contribution >= 4 is 56.4 Å². The van der Waals surface area contributed by atoms with Crippen molar-refractivity contribution in [2.45, 2.75) is 20.8 Å². The van der Waals surface area contributed by atoms with Crippen LogP contribution in [0.4, 0.5) is 0 Å². The van der Waals surface area contributed by atoms with E-state index in [1.807, 2.05) is 85.1 Å². The highest BCUT2D eigenvalue weighted by Gasteiger charge is 2.18. The molecule has 5 rings (SSSR count). The molecule has 2 heterocycles. The molecule has 0 aliphatic rings. The van der Waals surface area contributed by atoms with Gasteiger partial charge in [-0.15, -0.1) is 11.3 Å². The van der Waals surface area contributed by atoms with E-state index in [4.69, 9.17) is 4.84 Å². The summed E-state index contributed by atoms with van der Waals surface area (Å²) in [7, 11) is 0. The van der Waals surface area contributed by atoms with Crippen LogP contribution < -0.4 is 0 Å². The van der Waals surface area contributed by atoms with Crippen LogP contribution in [-0.2, 0) is 9.63 Å². The van der Waals surface area contributed by atoms with Crippen molar-refractivity contribution in [2.75, 3.05) is 0 Å². The number of ketones is 2. The minimum Gasteiger partial charge on any atom is -0.318 e. The zero-order chi connectivity index (χ0) is 26.8. The number of allylic oxidation sites excluding steroid dienone is 2. The zero-order valence-electron chi connectivity index (χ0n) is 21.1. The van der Waals surface area contributed by atoms with Gasteiger partial charge in [-0.2, -0.15) is 0 Å². The topological polar surface area (TPSA) is 77.7 Å². The molecule has 38 heavy (non-hydrogen) atoms. The third-order valence-electron chi connectivity index (χ3n) is 6.23. The molecule has 2 aromatic heterocycles. The maximum atomic E-state index is 13.1. The lowest BCUT2D eigenvalue weighted by atomic mass is 10.0. The lowest BCUT2D eigenvalue weighted by Crippen LogP contribution is -2.01. The molecule has 0 atom stereocenters. The van der Waals surface area contributed by atoms with E-state index < -0.39 is 5.97 Å². The number of rotatable bonds is 7. The van der Waals surface area contributed by atoms with Crippen LogP contribution in [0.5, 0.6) is 0 Å². The maximum absolute atomic E-state index is 13.1. The molecule has 0 saturated carbocycles. The molecule has 6 nitrogen and oxygen atoms in total. The predicted molar refractivity (Wildman–Crippen MR) is 152 cm³/mol. The fraction of sp³-hybridized carbons (Fsp3) is 0.0968. The van der Waals surface area contributed by atoms with E-state index in [0.29, 0.717) is 21.7 Å². The molecule has 0 radical (unpaired) electrons. The summed E-state index contributed by atoms with van der Waals surface area (Å²) in [5.41, 5.74) is 5.30. The van der Waals surface area contributed by atoms with Gasteiger partial charge in [0.15, 0.2) is 5.78 Å². The number of fused-ring (bicyclic) bond motifs is 3. The number of carbonyl (C=O) groups excluding carboxylic acids is 3. The van der Waals surface area contributed by atoms with E-state index in [1.165, 1.54) is 18.3 Å². The van der Waals surface area contributed by atoms with E-state index in [2.05, 4.69) is 9.72 Å². The summed E-state index contributed by atoms with van der Waals surface area (Å²) in [6.45, 7) is 4.89. The number of oxime groups is 1. The third-order valence-corrected chi connectivity index (χ3v) is 7.10. The van der Waals surface area contributed by atoms with Gasteiger partial charge in [0, 0.05) is 34.5 Å². The predicted octanol–water partition coefficient (Wildman–Crippen LogP) is 7.12. The molecule has 0 saturated heterocycles. The third kappa shape index (κ3) is 4.71. The van der Waals surface area contributed by atoms with Gasteiger partial charge in [0.1, 0.15) is 0 Å². The second-order valence-corrected chi connectivity index (χ2v) is 9.72. The second-order valence-electron chi connectivity index (χ2n) is 8.78. The first-order valence-corrected chi connectivity index (χ1v) is 12.9. The summed E-state index contributed by atoms with van der Waals surface area (Å²) >= 11 is 1.41. The fourth-order valence-electron chi connectivity index (χ4n) is 4.43. The van der Waals surface area contributed by atoms with Crippen molar-refractivity contribution < 1.29 is 19.2 Å². The van der Waals surface area contributed by atoms with Gasteiger partial charge in [0.05, 0.1) is 21.6 Å². The lowest BCUT2D eigenvalue weighted by Gasteiger charge is -2.09. The van der Waals surface area contributed by atoms with Crippen LogP contribution in [0.1, 0.15) is 51.9 Å². The molecule has 0 aliphatic heterocycles. The summed E-state index contributed by atoms with van der Waals surface area (Å²) in [5, 5.41) is 7.52. The molecule has 188 valence electrons. The highest BCUT2D eigenvalue weighted by atomic mass is 32.1. The van der Waals surface area contributed by atoms with Gasteiger partial charge in [-0.3, -0.25) is 9.59 Å². The number of aromatic nitrogens is 1. The lowest BCUT2D eigenvalue weighted by molar-refractivity contribution is -0.140. The van der Waals surface area contributed by atoms with Crippen molar-refractivity contribution in [1.29, 1.82) is 0 Å². The van der Waals surface area contributed by atoms with Gasteiger partial charge in [-0.1, -0.05) is 29.4 Å². The Morgan fingerprint density at radius 1 is 0.842 bits per heavy atom. The number of carbonyl (C=O) groups is 3. The SMILES string of the molecule is CC=CC(=O)c1ccc2c(c1)c1cc(C(=O)c3cccs3)ccc1n2-c1ccc(C(C)=NOC(C)=O)cc1. The number of hydrogen-bond donors (Lipinski definition) is 0. The Hall–Kier alpha value is -4.62. The number of benzene rings is 3.